The molecule has 0 atom stereocenters. The molecule has 0 saturated carbocycles. The van der Waals surface area contributed by atoms with E-state index in [2.05, 4.69) is 14.7 Å². The zero-order valence-electron chi connectivity index (χ0n) is 13.9. The van der Waals surface area contributed by atoms with E-state index in [1.165, 1.54) is 0 Å². The largest absolute Gasteiger partial charge is 0.494 e. The van der Waals surface area contributed by atoms with Gasteiger partial charge >= 0.3 is 0 Å². The third kappa shape index (κ3) is 4.93. The van der Waals surface area contributed by atoms with Gasteiger partial charge in [0.25, 0.3) is 5.91 Å². The predicted molar refractivity (Wildman–Crippen MR) is 102 cm³/mol. The Hall–Kier alpha value is -2.64. The maximum absolute atomic E-state index is 12.0. The van der Waals surface area contributed by atoms with Gasteiger partial charge in [-0.1, -0.05) is 11.6 Å². The fourth-order valence-electron chi connectivity index (χ4n) is 2.09. The standard InChI is InChI=1S/C18H16ClN3O3S/c1-2-24-14-7-3-12(4-8-14)17-21-18(26-22-17)20-16(23)11-25-15-9-5-13(19)6-10-15/h3-10H,2,11H2,1H3,(H,20,21,22,23). The van der Waals surface area contributed by atoms with Crippen molar-refractivity contribution in [3.8, 4) is 22.9 Å². The van der Waals surface area contributed by atoms with Crippen LogP contribution in [0.3, 0.4) is 0 Å². The maximum Gasteiger partial charge on any atom is 0.264 e. The summed E-state index contributed by atoms with van der Waals surface area (Å²) in [5.41, 5.74) is 0.850. The zero-order chi connectivity index (χ0) is 18.4. The van der Waals surface area contributed by atoms with Crippen LogP contribution >= 0.6 is 23.1 Å². The lowest BCUT2D eigenvalue weighted by molar-refractivity contribution is -0.118. The number of halogens is 1. The molecule has 1 amide bonds. The van der Waals surface area contributed by atoms with Crippen LogP contribution in [0.25, 0.3) is 11.4 Å². The molecule has 0 spiro atoms. The summed E-state index contributed by atoms with van der Waals surface area (Å²) >= 11 is 6.92. The van der Waals surface area contributed by atoms with Crippen LogP contribution < -0.4 is 14.8 Å². The van der Waals surface area contributed by atoms with Crippen LogP contribution in [-0.4, -0.2) is 28.5 Å². The molecule has 3 rings (SSSR count). The Kier molecular flexibility index (Phi) is 6.04. The average molecular weight is 390 g/mol. The van der Waals surface area contributed by atoms with E-state index < -0.39 is 0 Å². The van der Waals surface area contributed by atoms with Crippen LogP contribution in [0.1, 0.15) is 6.92 Å². The summed E-state index contributed by atoms with van der Waals surface area (Å²) in [5, 5.41) is 3.70. The molecule has 0 aliphatic rings. The highest BCUT2D eigenvalue weighted by atomic mass is 35.5. The molecule has 0 unspecified atom stereocenters. The van der Waals surface area contributed by atoms with Crippen molar-refractivity contribution in [1.29, 1.82) is 0 Å². The van der Waals surface area contributed by atoms with Crippen molar-refractivity contribution >= 4 is 34.2 Å². The molecule has 6 nitrogen and oxygen atoms in total. The summed E-state index contributed by atoms with van der Waals surface area (Å²) < 4.78 is 15.1. The topological polar surface area (TPSA) is 73.3 Å². The molecule has 0 fully saturated rings. The highest BCUT2D eigenvalue weighted by molar-refractivity contribution is 7.10. The van der Waals surface area contributed by atoms with Gasteiger partial charge in [0.05, 0.1) is 6.61 Å². The molecule has 26 heavy (non-hydrogen) atoms. The summed E-state index contributed by atoms with van der Waals surface area (Å²) in [4.78, 5) is 16.3. The van der Waals surface area contributed by atoms with Gasteiger partial charge in [0, 0.05) is 22.1 Å². The minimum Gasteiger partial charge on any atom is -0.494 e. The second-order valence-electron chi connectivity index (χ2n) is 5.17. The van der Waals surface area contributed by atoms with Crippen molar-refractivity contribution in [2.45, 2.75) is 6.92 Å². The third-order valence-corrected chi connectivity index (χ3v) is 4.16. The Bertz CT molecular complexity index is 866. The number of ether oxygens (including phenoxy) is 2. The number of carbonyl (C=O) groups excluding carboxylic acids is 1. The Labute approximate surface area is 159 Å². The Morgan fingerprint density at radius 1 is 1.08 bits per heavy atom. The van der Waals surface area contributed by atoms with Crippen molar-refractivity contribution in [1.82, 2.24) is 9.36 Å². The number of nitrogens with one attached hydrogen (secondary N) is 1. The predicted octanol–water partition coefficient (Wildman–Crippen LogP) is 4.27. The highest BCUT2D eigenvalue weighted by Gasteiger charge is 2.10. The Morgan fingerprint density at radius 2 is 1.73 bits per heavy atom. The minimum atomic E-state index is -0.311. The number of nitrogens with zero attached hydrogens (tertiary/aromatic N) is 2. The molecule has 134 valence electrons. The van der Waals surface area contributed by atoms with Gasteiger partial charge < -0.3 is 9.47 Å². The number of hydrogen-bond donors (Lipinski definition) is 1. The van der Waals surface area contributed by atoms with E-state index >= 15 is 0 Å². The lowest BCUT2D eigenvalue weighted by atomic mass is 10.2. The van der Waals surface area contributed by atoms with Gasteiger partial charge in [0.1, 0.15) is 11.5 Å². The molecular formula is C18H16ClN3O3S. The number of benzene rings is 2. The van der Waals surface area contributed by atoms with E-state index in [-0.39, 0.29) is 12.5 Å². The van der Waals surface area contributed by atoms with E-state index in [0.29, 0.717) is 28.3 Å². The van der Waals surface area contributed by atoms with Crippen LogP contribution in [0.4, 0.5) is 5.13 Å². The first-order chi connectivity index (χ1) is 12.6. The minimum absolute atomic E-state index is 0.125. The van der Waals surface area contributed by atoms with Crippen LogP contribution in [0.5, 0.6) is 11.5 Å². The second-order valence-corrected chi connectivity index (χ2v) is 6.36. The van der Waals surface area contributed by atoms with E-state index in [1.807, 2.05) is 31.2 Å². The van der Waals surface area contributed by atoms with Crippen LogP contribution in [0.15, 0.2) is 48.5 Å². The molecule has 0 saturated heterocycles. The lowest BCUT2D eigenvalue weighted by Gasteiger charge is -2.05. The first-order valence-electron chi connectivity index (χ1n) is 7.89. The van der Waals surface area contributed by atoms with Gasteiger partial charge in [0.15, 0.2) is 12.4 Å². The summed E-state index contributed by atoms with van der Waals surface area (Å²) in [6.07, 6.45) is 0. The Morgan fingerprint density at radius 3 is 2.42 bits per heavy atom. The number of aromatic nitrogens is 2. The van der Waals surface area contributed by atoms with Gasteiger partial charge in [-0.3, -0.25) is 10.1 Å². The summed E-state index contributed by atoms with van der Waals surface area (Å²) in [5.74, 6) is 1.59. The third-order valence-electron chi connectivity index (χ3n) is 3.28. The molecule has 3 aromatic rings. The van der Waals surface area contributed by atoms with E-state index in [9.17, 15) is 4.79 Å². The Balaban J connectivity index is 1.55. The van der Waals surface area contributed by atoms with E-state index in [4.69, 9.17) is 21.1 Å². The van der Waals surface area contributed by atoms with Gasteiger partial charge in [-0.15, -0.1) is 0 Å². The fourth-order valence-corrected chi connectivity index (χ4v) is 2.83. The first-order valence-corrected chi connectivity index (χ1v) is 9.04. The summed E-state index contributed by atoms with van der Waals surface area (Å²) in [6, 6.07) is 14.3. The normalized spacial score (nSPS) is 10.4. The first kappa shape index (κ1) is 18.2. The van der Waals surface area contributed by atoms with Crippen molar-refractivity contribution in [3.63, 3.8) is 0 Å². The maximum atomic E-state index is 12.0. The van der Waals surface area contributed by atoms with Crippen LogP contribution in [-0.2, 0) is 4.79 Å². The molecule has 0 aliphatic carbocycles. The molecule has 2 aromatic carbocycles. The van der Waals surface area contributed by atoms with Crippen molar-refractivity contribution in [2.75, 3.05) is 18.5 Å². The van der Waals surface area contributed by atoms with Crippen LogP contribution in [0, 0.1) is 0 Å². The fraction of sp³-hybridized carbons (Fsp3) is 0.167. The molecule has 1 aromatic heterocycles. The average Bonchev–Trinajstić information content (AvgIpc) is 3.10. The molecular weight excluding hydrogens is 374 g/mol. The van der Waals surface area contributed by atoms with Crippen molar-refractivity contribution in [3.05, 3.63) is 53.6 Å². The number of rotatable bonds is 7. The number of hydrogen-bond acceptors (Lipinski definition) is 6. The summed E-state index contributed by atoms with van der Waals surface area (Å²) in [6.45, 7) is 2.42. The van der Waals surface area contributed by atoms with Gasteiger partial charge in [-0.05, 0) is 55.5 Å². The van der Waals surface area contributed by atoms with Gasteiger partial charge in [0.2, 0.25) is 5.13 Å². The van der Waals surface area contributed by atoms with E-state index in [1.54, 1.807) is 24.3 Å². The smallest absolute Gasteiger partial charge is 0.264 e. The SMILES string of the molecule is CCOc1ccc(-c2nsc(NC(=O)COc3ccc(Cl)cc3)n2)cc1. The summed E-state index contributed by atoms with van der Waals surface area (Å²) in [7, 11) is 0. The molecule has 1 N–H and O–H groups in total. The number of amides is 1. The van der Waals surface area contributed by atoms with Gasteiger partial charge in [-0.25, -0.2) is 0 Å². The monoisotopic (exact) mass is 389 g/mol. The number of anilines is 1. The number of carbonyl (C=O) groups is 1. The molecule has 1 heterocycles. The van der Waals surface area contributed by atoms with Gasteiger partial charge in [-0.2, -0.15) is 9.36 Å². The molecule has 8 heteroatoms. The second kappa shape index (κ2) is 8.64. The molecule has 0 bridgehead atoms. The highest BCUT2D eigenvalue weighted by Crippen LogP contribution is 2.23. The van der Waals surface area contributed by atoms with Crippen molar-refractivity contribution in [2.24, 2.45) is 0 Å². The molecule has 0 radical (unpaired) electrons. The van der Waals surface area contributed by atoms with Crippen LogP contribution in [0.2, 0.25) is 5.02 Å². The quantitative estimate of drug-likeness (QED) is 0.653. The van der Waals surface area contributed by atoms with Crippen molar-refractivity contribution < 1.29 is 14.3 Å². The zero-order valence-corrected chi connectivity index (χ0v) is 15.5. The molecule has 0 aliphatic heterocycles. The van der Waals surface area contributed by atoms with E-state index in [0.717, 1.165) is 22.8 Å². The lowest BCUT2D eigenvalue weighted by Crippen LogP contribution is -2.20.